The highest BCUT2D eigenvalue weighted by Gasteiger charge is 2.31. The first-order valence-electron chi connectivity index (χ1n) is 7.24. The van der Waals surface area contributed by atoms with E-state index in [4.69, 9.17) is 5.11 Å². The first-order chi connectivity index (χ1) is 9.97. The molecule has 1 amide bonds. The minimum absolute atomic E-state index is 0.0308. The maximum absolute atomic E-state index is 12.3. The third kappa shape index (κ3) is 4.54. The Kier molecular flexibility index (Phi) is 5.81. The number of hydrogen-bond donors (Lipinski definition) is 1. The summed E-state index contributed by atoms with van der Waals surface area (Å²) >= 11 is 5.14. The molecule has 21 heavy (non-hydrogen) atoms. The highest BCUT2D eigenvalue weighted by atomic mass is 79.9. The molecule has 1 saturated heterocycles. The maximum atomic E-state index is 12.3. The van der Waals surface area contributed by atoms with E-state index < -0.39 is 5.97 Å². The van der Waals surface area contributed by atoms with Crippen molar-refractivity contribution in [2.75, 3.05) is 6.54 Å². The van der Waals surface area contributed by atoms with Crippen molar-refractivity contribution in [1.29, 1.82) is 0 Å². The molecule has 2 atom stereocenters. The molecule has 2 unspecified atom stereocenters. The van der Waals surface area contributed by atoms with Gasteiger partial charge in [0.1, 0.15) is 0 Å². The van der Waals surface area contributed by atoms with Crippen LogP contribution in [0.3, 0.4) is 0 Å². The van der Waals surface area contributed by atoms with Crippen LogP contribution in [0.2, 0.25) is 0 Å². The van der Waals surface area contributed by atoms with Gasteiger partial charge in [0.25, 0.3) is 0 Å². The van der Waals surface area contributed by atoms with Gasteiger partial charge in [-0.25, -0.2) is 0 Å². The van der Waals surface area contributed by atoms with Crippen molar-refractivity contribution >= 4 is 39.1 Å². The van der Waals surface area contributed by atoms with Crippen LogP contribution >= 0.6 is 27.3 Å². The molecule has 4 nitrogen and oxygen atoms in total. The van der Waals surface area contributed by atoms with Gasteiger partial charge in [0.15, 0.2) is 0 Å². The fourth-order valence-corrected chi connectivity index (χ4v) is 4.34. The number of carboxylic acid groups (broad SMARTS) is 1. The van der Waals surface area contributed by atoms with Crippen LogP contribution < -0.4 is 0 Å². The summed E-state index contributed by atoms with van der Waals surface area (Å²) in [6.07, 6.45) is 3.44. The number of aryl methyl sites for hydroxylation is 1. The summed E-state index contributed by atoms with van der Waals surface area (Å²) in [5.41, 5.74) is 0. The number of carbonyl (C=O) groups excluding carboxylic acids is 1. The zero-order chi connectivity index (χ0) is 15.4. The number of carbonyl (C=O) groups is 2. The van der Waals surface area contributed by atoms with Crippen LogP contribution in [0.15, 0.2) is 15.9 Å². The van der Waals surface area contributed by atoms with Crippen molar-refractivity contribution in [2.24, 2.45) is 5.92 Å². The molecule has 0 bridgehead atoms. The quantitative estimate of drug-likeness (QED) is 0.858. The number of thiophene rings is 1. The van der Waals surface area contributed by atoms with E-state index in [0.717, 1.165) is 16.6 Å². The predicted octanol–water partition coefficient (Wildman–Crippen LogP) is 3.55. The monoisotopic (exact) mass is 373 g/mol. The van der Waals surface area contributed by atoms with Crippen LogP contribution in [-0.4, -0.2) is 34.5 Å². The van der Waals surface area contributed by atoms with Gasteiger partial charge in [-0.2, -0.15) is 0 Å². The lowest BCUT2D eigenvalue weighted by Gasteiger charge is -2.36. The number of carboxylic acids is 1. The molecule has 1 aromatic heterocycles. The average molecular weight is 374 g/mol. The molecule has 1 aliphatic heterocycles. The van der Waals surface area contributed by atoms with E-state index in [1.54, 1.807) is 11.3 Å². The van der Waals surface area contributed by atoms with Gasteiger partial charge >= 0.3 is 5.97 Å². The molecule has 0 saturated carbocycles. The molecule has 1 aliphatic rings. The van der Waals surface area contributed by atoms with E-state index >= 15 is 0 Å². The number of likely N-dealkylation sites (tertiary alicyclic amines) is 1. The number of halogens is 1. The Morgan fingerprint density at radius 3 is 2.81 bits per heavy atom. The smallest absolute Gasteiger partial charge is 0.306 e. The molecular weight excluding hydrogens is 354 g/mol. The lowest BCUT2D eigenvalue weighted by molar-refractivity contribution is -0.147. The normalized spacial score (nSPS) is 22.3. The van der Waals surface area contributed by atoms with Gasteiger partial charge in [0, 0.05) is 23.9 Å². The van der Waals surface area contributed by atoms with Crippen LogP contribution in [0.25, 0.3) is 0 Å². The Morgan fingerprint density at radius 1 is 1.48 bits per heavy atom. The Morgan fingerprint density at radius 2 is 2.24 bits per heavy atom. The second-order valence-corrected chi connectivity index (χ2v) is 8.10. The molecule has 0 radical (unpaired) electrons. The summed E-state index contributed by atoms with van der Waals surface area (Å²) in [5, 5.41) is 9.04. The summed E-state index contributed by atoms with van der Waals surface area (Å²) in [5.74, 6) is -0.883. The lowest BCUT2D eigenvalue weighted by Crippen LogP contribution is -2.46. The zero-order valence-electron chi connectivity index (χ0n) is 12.0. The fourth-order valence-electron chi connectivity index (χ4n) is 2.81. The van der Waals surface area contributed by atoms with Crippen LogP contribution in [0, 0.1) is 5.92 Å². The second kappa shape index (κ2) is 7.40. The van der Waals surface area contributed by atoms with E-state index in [0.29, 0.717) is 25.8 Å². The van der Waals surface area contributed by atoms with Crippen molar-refractivity contribution in [2.45, 2.75) is 45.1 Å². The summed E-state index contributed by atoms with van der Waals surface area (Å²) in [7, 11) is 0. The minimum Gasteiger partial charge on any atom is -0.481 e. The third-order valence-electron chi connectivity index (χ3n) is 3.99. The molecule has 2 rings (SSSR count). The standard InChI is InChI=1S/C15H20BrNO3S/c1-10-9-11(15(19)20)7-8-17(10)14(18)4-2-3-12-5-6-13(16)21-12/h5-6,10-11H,2-4,7-9H2,1H3,(H,19,20). The third-order valence-corrected chi connectivity index (χ3v) is 5.67. The van der Waals surface area contributed by atoms with Crippen LogP contribution in [0.4, 0.5) is 0 Å². The largest absolute Gasteiger partial charge is 0.481 e. The van der Waals surface area contributed by atoms with Gasteiger partial charge in [-0.1, -0.05) is 0 Å². The fraction of sp³-hybridized carbons (Fsp3) is 0.600. The Balaban J connectivity index is 1.77. The topological polar surface area (TPSA) is 57.6 Å². The molecule has 0 spiro atoms. The van der Waals surface area contributed by atoms with E-state index in [2.05, 4.69) is 22.0 Å². The van der Waals surface area contributed by atoms with E-state index in [1.165, 1.54) is 4.88 Å². The molecule has 1 N–H and O–H groups in total. The summed E-state index contributed by atoms with van der Waals surface area (Å²) < 4.78 is 1.12. The van der Waals surface area contributed by atoms with Gasteiger partial charge in [0.2, 0.25) is 5.91 Å². The number of amides is 1. The van der Waals surface area contributed by atoms with Crippen molar-refractivity contribution < 1.29 is 14.7 Å². The molecule has 0 aliphatic carbocycles. The van der Waals surface area contributed by atoms with Crippen molar-refractivity contribution in [3.05, 3.63) is 20.8 Å². The van der Waals surface area contributed by atoms with Gasteiger partial charge < -0.3 is 10.0 Å². The second-order valence-electron chi connectivity index (χ2n) is 5.56. The van der Waals surface area contributed by atoms with E-state index in [1.807, 2.05) is 17.9 Å². The van der Waals surface area contributed by atoms with Crippen molar-refractivity contribution in [1.82, 2.24) is 4.90 Å². The Bertz CT molecular complexity index is 517. The zero-order valence-corrected chi connectivity index (χ0v) is 14.5. The van der Waals surface area contributed by atoms with Gasteiger partial charge in [-0.3, -0.25) is 9.59 Å². The molecule has 116 valence electrons. The van der Waals surface area contributed by atoms with Gasteiger partial charge in [-0.15, -0.1) is 11.3 Å². The molecule has 1 aromatic rings. The lowest BCUT2D eigenvalue weighted by atomic mass is 9.91. The number of rotatable bonds is 5. The minimum atomic E-state index is -0.739. The summed E-state index contributed by atoms with van der Waals surface area (Å²) in [4.78, 5) is 26.4. The van der Waals surface area contributed by atoms with Crippen molar-refractivity contribution in [3.63, 3.8) is 0 Å². The Hall–Kier alpha value is -0.880. The SMILES string of the molecule is CC1CC(C(=O)O)CCN1C(=O)CCCc1ccc(Br)s1. The highest BCUT2D eigenvalue weighted by molar-refractivity contribution is 9.11. The number of nitrogens with zero attached hydrogens (tertiary/aromatic N) is 1. The summed E-state index contributed by atoms with van der Waals surface area (Å²) in [6, 6.07) is 4.14. The van der Waals surface area contributed by atoms with Crippen molar-refractivity contribution in [3.8, 4) is 0 Å². The van der Waals surface area contributed by atoms with E-state index in [-0.39, 0.29) is 17.9 Å². The summed E-state index contributed by atoms with van der Waals surface area (Å²) in [6.45, 7) is 2.52. The first kappa shape index (κ1) is 16.5. The number of aliphatic carboxylic acids is 1. The van der Waals surface area contributed by atoms with Crippen LogP contribution in [-0.2, 0) is 16.0 Å². The molecule has 1 fully saturated rings. The number of piperidine rings is 1. The maximum Gasteiger partial charge on any atom is 0.306 e. The predicted molar refractivity (Wildman–Crippen MR) is 86.5 cm³/mol. The van der Waals surface area contributed by atoms with E-state index in [9.17, 15) is 9.59 Å². The van der Waals surface area contributed by atoms with Crippen LogP contribution in [0.1, 0.15) is 37.5 Å². The molecule has 0 aromatic carbocycles. The molecular formula is C15H20BrNO3S. The molecule has 6 heteroatoms. The number of hydrogen-bond acceptors (Lipinski definition) is 3. The average Bonchev–Trinajstić information content (AvgIpc) is 2.84. The van der Waals surface area contributed by atoms with Crippen LogP contribution in [0.5, 0.6) is 0 Å². The highest BCUT2D eigenvalue weighted by Crippen LogP contribution is 2.25. The molecule has 2 heterocycles. The first-order valence-corrected chi connectivity index (χ1v) is 8.85. The van der Waals surface area contributed by atoms with Gasteiger partial charge in [-0.05, 0) is 60.7 Å². The Labute approximate surface area is 137 Å². The van der Waals surface area contributed by atoms with Gasteiger partial charge in [0.05, 0.1) is 9.70 Å².